The van der Waals surface area contributed by atoms with Crippen LogP contribution in [0.15, 0.2) is 30.4 Å². The fourth-order valence-electron chi connectivity index (χ4n) is 2.00. The summed E-state index contributed by atoms with van der Waals surface area (Å²) in [5.74, 6) is -0.428. The molecule has 0 saturated heterocycles. The first-order chi connectivity index (χ1) is 10.5. The number of methoxy groups -OCH3 is 2. The second-order valence-corrected chi connectivity index (χ2v) is 4.58. The zero-order valence-electron chi connectivity index (χ0n) is 13.0. The lowest BCUT2D eigenvalue weighted by Crippen LogP contribution is -2.41. The maximum Gasteiger partial charge on any atom is 0.326 e. The van der Waals surface area contributed by atoms with E-state index in [9.17, 15) is 9.59 Å². The van der Waals surface area contributed by atoms with Crippen LogP contribution in [0.5, 0.6) is 11.5 Å². The minimum absolute atomic E-state index is 0.0210. The third-order valence-corrected chi connectivity index (χ3v) is 3.11. The average molecular weight is 307 g/mol. The van der Waals surface area contributed by atoms with Gasteiger partial charge < -0.3 is 19.9 Å². The summed E-state index contributed by atoms with van der Waals surface area (Å²) >= 11 is 0. The zero-order valence-corrected chi connectivity index (χ0v) is 13.0. The van der Waals surface area contributed by atoms with Crippen molar-refractivity contribution in [3.05, 3.63) is 35.9 Å². The van der Waals surface area contributed by atoms with Crippen LogP contribution in [-0.2, 0) is 16.0 Å². The van der Waals surface area contributed by atoms with E-state index >= 15 is 0 Å². The Hall–Kier alpha value is -2.50. The van der Waals surface area contributed by atoms with Crippen molar-refractivity contribution in [2.24, 2.45) is 0 Å². The molecule has 120 valence electrons. The Bertz CT molecular complexity index is 531. The maximum atomic E-state index is 12.1. The maximum absolute atomic E-state index is 12.1. The molecule has 0 saturated carbocycles. The van der Waals surface area contributed by atoms with Crippen molar-refractivity contribution < 1.29 is 24.2 Å². The highest BCUT2D eigenvalue weighted by molar-refractivity contribution is 5.85. The van der Waals surface area contributed by atoms with Gasteiger partial charge in [0.2, 0.25) is 5.91 Å². The molecular weight excluding hydrogens is 286 g/mol. The van der Waals surface area contributed by atoms with E-state index in [1.54, 1.807) is 37.3 Å². The number of carboxylic acid groups (broad SMARTS) is 1. The number of carboxylic acids is 1. The first-order valence-corrected chi connectivity index (χ1v) is 6.86. The van der Waals surface area contributed by atoms with E-state index in [-0.39, 0.29) is 12.8 Å². The van der Waals surface area contributed by atoms with Crippen LogP contribution in [0.25, 0.3) is 0 Å². The molecule has 1 unspecified atom stereocenters. The minimum atomic E-state index is -1.07. The molecule has 2 N–H and O–H groups in total. The van der Waals surface area contributed by atoms with E-state index in [1.165, 1.54) is 14.2 Å². The fourth-order valence-corrected chi connectivity index (χ4v) is 2.00. The first-order valence-electron chi connectivity index (χ1n) is 6.86. The van der Waals surface area contributed by atoms with Gasteiger partial charge in [-0.25, -0.2) is 4.79 Å². The van der Waals surface area contributed by atoms with E-state index in [0.29, 0.717) is 17.1 Å². The van der Waals surface area contributed by atoms with Crippen molar-refractivity contribution in [1.82, 2.24) is 5.32 Å². The molecule has 1 rings (SSSR count). The molecule has 0 bridgehead atoms. The van der Waals surface area contributed by atoms with Gasteiger partial charge in [-0.05, 0) is 25.5 Å². The molecule has 0 aromatic heterocycles. The highest BCUT2D eigenvalue weighted by Gasteiger charge is 2.20. The molecular formula is C16H21NO5. The Labute approximate surface area is 129 Å². The van der Waals surface area contributed by atoms with E-state index in [2.05, 4.69) is 5.32 Å². The standard InChI is InChI=1S/C16H21NO5/c1-4-5-7-12(16(19)20)17-15(18)10-11-13(21-2)8-6-9-14(11)22-3/h4-6,8-9,12H,7,10H2,1-3H3,(H,17,18)(H,19,20)/b5-4+. The number of hydrogen-bond donors (Lipinski definition) is 2. The Morgan fingerprint density at radius 2 is 1.86 bits per heavy atom. The number of ether oxygens (including phenoxy) is 2. The molecule has 0 aliphatic carbocycles. The lowest BCUT2D eigenvalue weighted by atomic mass is 10.1. The van der Waals surface area contributed by atoms with E-state index in [0.717, 1.165) is 0 Å². The highest BCUT2D eigenvalue weighted by atomic mass is 16.5. The lowest BCUT2D eigenvalue weighted by molar-refractivity contribution is -0.141. The number of allylic oxidation sites excluding steroid dienone is 1. The molecule has 0 spiro atoms. The number of carbonyl (C=O) groups excluding carboxylic acids is 1. The molecule has 1 amide bonds. The molecule has 6 nitrogen and oxygen atoms in total. The second kappa shape index (κ2) is 8.71. The van der Waals surface area contributed by atoms with Gasteiger partial charge in [0.15, 0.2) is 0 Å². The first kappa shape index (κ1) is 17.6. The van der Waals surface area contributed by atoms with Crippen molar-refractivity contribution in [2.45, 2.75) is 25.8 Å². The van der Waals surface area contributed by atoms with Crippen molar-refractivity contribution in [1.29, 1.82) is 0 Å². The van der Waals surface area contributed by atoms with Crippen LogP contribution in [0.3, 0.4) is 0 Å². The van der Waals surface area contributed by atoms with Gasteiger partial charge in [-0.1, -0.05) is 18.2 Å². The Kier molecular flexibility index (Phi) is 6.95. The van der Waals surface area contributed by atoms with Gasteiger partial charge in [-0.3, -0.25) is 4.79 Å². The molecule has 1 atom stereocenters. The Morgan fingerprint density at radius 1 is 1.27 bits per heavy atom. The average Bonchev–Trinajstić information content (AvgIpc) is 2.51. The van der Waals surface area contributed by atoms with Crippen LogP contribution in [0.2, 0.25) is 0 Å². The molecule has 1 aromatic rings. The van der Waals surface area contributed by atoms with Crippen LogP contribution < -0.4 is 14.8 Å². The molecule has 0 radical (unpaired) electrons. The topological polar surface area (TPSA) is 84.9 Å². The monoisotopic (exact) mass is 307 g/mol. The summed E-state index contributed by atoms with van der Waals surface area (Å²) in [6, 6.07) is 4.24. The van der Waals surface area contributed by atoms with E-state index in [4.69, 9.17) is 14.6 Å². The summed E-state index contributed by atoms with van der Waals surface area (Å²) in [5, 5.41) is 11.6. The van der Waals surface area contributed by atoms with Gasteiger partial charge in [0.05, 0.1) is 20.6 Å². The minimum Gasteiger partial charge on any atom is -0.496 e. The van der Waals surface area contributed by atoms with Crippen LogP contribution in [0.4, 0.5) is 0 Å². The summed E-state index contributed by atoms with van der Waals surface area (Å²) in [5.41, 5.74) is 0.583. The van der Waals surface area contributed by atoms with E-state index in [1.807, 2.05) is 0 Å². The van der Waals surface area contributed by atoms with Gasteiger partial charge in [0.25, 0.3) is 0 Å². The second-order valence-electron chi connectivity index (χ2n) is 4.58. The number of rotatable bonds is 8. The van der Waals surface area contributed by atoms with Gasteiger partial charge >= 0.3 is 5.97 Å². The van der Waals surface area contributed by atoms with Crippen molar-refractivity contribution in [3.63, 3.8) is 0 Å². The van der Waals surface area contributed by atoms with Crippen LogP contribution in [0, 0.1) is 0 Å². The third kappa shape index (κ3) is 4.80. The summed E-state index contributed by atoms with van der Waals surface area (Å²) in [7, 11) is 3.00. The molecule has 1 aromatic carbocycles. The molecule has 0 heterocycles. The normalized spacial score (nSPS) is 12.0. The molecule has 6 heteroatoms. The van der Waals surface area contributed by atoms with Gasteiger partial charge in [-0.2, -0.15) is 0 Å². The summed E-state index contributed by atoms with van der Waals surface area (Å²) < 4.78 is 10.4. The predicted octanol–water partition coefficient (Wildman–Crippen LogP) is 1.78. The fraction of sp³-hybridized carbons (Fsp3) is 0.375. The number of hydrogen-bond acceptors (Lipinski definition) is 4. The summed E-state index contributed by atoms with van der Waals surface area (Å²) in [6.45, 7) is 1.79. The van der Waals surface area contributed by atoms with E-state index < -0.39 is 17.9 Å². The van der Waals surface area contributed by atoms with Gasteiger partial charge in [0.1, 0.15) is 17.5 Å². The smallest absolute Gasteiger partial charge is 0.326 e. The third-order valence-electron chi connectivity index (χ3n) is 3.11. The Morgan fingerprint density at radius 3 is 2.32 bits per heavy atom. The van der Waals surface area contributed by atoms with Crippen LogP contribution >= 0.6 is 0 Å². The van der Waals surface area contributed by atoms with Gasteiger partial charge in [-0.15, -0.1) is 0 Å². The van der Waals surface area contributed by atoms with Gasteiger partial charge in [0, 0.05) is 5.56 Å². The predicted molar refractivity (Wildman–Crippen MR) is 82.2 cm³/mol. The number of amides is 1. The number of carbonyl (C=O) groups is 2. The highest BCUT2D eigenvalue weighted by Crippen LogP contribution is 2.28. The largest absolute Gasteiger partial charge is 0.496 e. The number of aliphatic carboxylic acids is 1. The Balaban J connectivity index is 2.86. The number of nitrogens with one attached hydrogen (secondary N) is 1. The van der Waals surface area contributed by atoms with Crippen molar-refractivity contribution in [2.75, 3.05) is 14.2 Å². The van der Waals surface area contributed by atoms with Crippen molar-refractivity contribution in [3.8, 4) is 11.5 Å². The van der Waals surface area contributed by atoms with Crippen molar-refractivity contribution >= 4 is 11.9 Å². The number of benzene rings is 1. The molecule has 0 aliphatic heterocycles. The SMILES string of the molecule is C/C=C/CC(NC(=O)Cc1c(OC)cccc1OC)C(=O)O. The summed E-state index contributed by atoms with van der Waals surface area (Å²) in [6.07, 6.45) is 3.65. The molecule has 0 aliphatic rings. The lowest BCUT2D eigenvalue weighted by Gasteiger charge is -2.15. The molecule has 0 fully saturated rings. The quantitative estimate of drug-likeness (QED) is 0.715. The van der Waals surface area contributed by atoms with Crippen LogP contribution in [0.1, 0.15) is 18.9 Å². The summed E-state index contributed by atoms with van der Waals surface area (Å²) in [4.78, 5) is 23.3. The molecule has 22 heavy (non-hydrogen) atoms. The zero-order chi connectivity index (χ0) is 16.5. The van der Waals surface area contributed by atoms with Crippen LogP contribution in [-0.4, -0.2) is 37.2 Å².